The first-order valence-electron chi connectivity index (χ1n) is 7.92. The van der Waals surface area contributed by atoms with Gasteiger partial charge >= 0.3 is 0 Å². The fraction of sp³-hybridized carbons (Fsp3) is 0.182. The second kappa shape index (κ2) is 6.00. The van der Waals surface area contributed by atoms with Gasteiger partial charge in [-0.1, -0.05) is 81.4 Å². The summed E-state index contributed by atoms with van der Waals surface area (Å²) < 4.78 is 15.0. The van der Waals surface area contributed by atoms with Gasteiger partial charge in [-0.05, 0) is 39.8 Å². The summed E-state index contributed by atoms with van der Waals surface area (Å²) in [6.07, 6.45) is 0. The van der Waals surface area contributed by atoms with Crippen molar-refractivity contribution in [3.05, 3.63) is 84.2 Å². The summed E-state index contributed by atoms with van der Waals surface area (Å²) in [6.45, 7) is 6.33. The van der Waals surface area contributed by atoms with Gasteiger partial charge in [-0.3, -0.25) is 0 Å². The average molecular weight is 304 g/mol. The van der Waals surface area contributed by atoms with Crippen LogP contribution in [0, 0.1) is 5.82 Å². The van der Waals surface area contributed by atoms with E-state index in [2.05, 4.69) is 26.8 Å². The smallest absolute Gasteiger partial charge is 0.131 e. The lowest BCUT2D eigenvalue weighted by atomic mass is 9.82. The Bertz CT molecular complexity index is 797. The average Bonchev–Trinajstić information content (AvgIpc) is 2.55. The Morgan fingerprint density at radius 1 is 0.696 bits per heavy atom. The zero-order valence-corrected chi connectivity index (χ0v) is 13.8. The molecule has 0 aromatic heterocycles. The van der Waals surface area contributed by atoms with Crippen LogP contribution in [-0.2, 0) is 5.41 Å². The van der Waals surface area contributed by atoms with E-state index in [1.54, 1.807) is 6.07 Å². The first-order chi connectivity index (χ1) is 11.0. The van der Waals surface area contributed by atoms with Gasteiger partial charge in [0.15, 0.2) is 0 Å². The predicted octanol–water partition coefficient (Wildman–Crippen LogP) is 6.46. The van der Waals surface area contributed by atoms with Gasteiger partial charge in [0.25, 0.3) is 0 Å². The van der Waals surface area contributed by atoms with Crippen molar-refractivity contribution < 1.29 is 4.39 Å². The van der Waals surface area contributed by atoms with Crippen LogP contribution in [0.3, 0.4) is 0 Å². The van der Waals surface area contributed by atoms with Gasteiger partial charge in [0.1, 0.15) is 5.82 Å². The van der Waals surface area contributed by atoms with Gasteiger partial charge < -0.3 is 0 Å². The molecule has 116 valence electrons. The lowest BCUT2D eigenvalue weighted by Gasteiger charge is -2.22. The van der Waals surface area contributed by atoms with Crippen LogP contribution < -0.4 is 0 Å². The molecule has 0 saturated heterocycles. The van der Waals surface area contributed by atoms with Crippen molar-refractivity contribution in [2.24, 2.45) is 0 Å². The van der Waals surface area contributed by atoms with Gasteiger partial charge in [0, 0.05) is 5.56 Å². The second-order valence-electron chi connectivity index (χ2n) is 6.86. The lowest BCUT2D eigenvalue weighted by Crippen LogP contribution is -2.12. The minimum absolute atomic E-state index is 0.0976. The normalized spacial score (nSPS) is 11.5. The van der Waals surface area contributed by atoms with E-state index in [1.807, 2.05) is 60.7 Å². The van der Waals surface area contributed by atoms with E-state index in [-0.39, 0.29) is 11.2 Å². The predicted molar refractivity (Wildman–Crippen MR) is 96.0 cm³/mol. The Kier molecular flexibility index (Phi) is 4.04. The van der Waals surface area contributed by atoms with E-state index in [9.17, 15) is 0 Å². The second-order valence-corrected chi connectivity index (χ2v) is 6.86. The fourth-order valence-corrected chi connectivity index (χ4v) is 2.78. The van der Waals surface area contributed by atoms with E-state index in [1.165, 1.54) is 0 Å². The van der Waals surface area contributed by atoms with E-state index in [0.717, 1.165) is 22.3 Å². The van der Waals surface area contributed by atoms with E-state index in [4.69, 9.17) is 0 Å². The lowest BCUT2D eigenvalue weighted by molar-refractivity contribution is 0.574. The van der Waals surface area contributed by atoms with Crippen molar-refractivity contribution in [2.45, 2.75) is 26.2 Å². The van der Waals surface area contributed by atoms with Crippen LogP contribution >= 0.6 is 0 Å². The molecule has 1 heteroatoms. The first-order valence-corrected chi connectivity index (χ1v) is 7.92. The van der Waals surface area contributed by atoms with Gasteiger partial charge in [-0.15, -0.1) is 0 Å². The molecule has 0 unspecified atom stereocenters. The highest BCUT2D eigenvalue weighted by Crippen LogP contribution is 2.38. The topological polar surface area (TPSA) is 0 Å². The van der Waals surface area contributed by atoms with Crippen LogP contribution in [0.2, 0.25) is 0 Å². The molecular weight excluding hydrogens is 283 g/mol. The molecule has 0 bridgehead atoms. The van der Waals surface area contributed by atoms with E-state index in [0.29, 0.717) is 5.56 Å². The van der Waals surface area contributed by atoms with Crippen molar-refractivity contribution in [3.63, 3.8) is 0 Å². The summed E-state index contributed by atoms with van der Waals surface area (Å²) in [4.78, 5) is 0. The Morgan fingerprint density at radius 2 is 1.22 bits per heavy atom. The van der Waals surface area contributed by atoms with Crippen LogP contribution in [0.25, 0.3) is 22.3 Å². The van der Waals surface area contributed by atoms with Gasteiger partial charge in [-0.25, -0.2) is 4.39 Å². The summed E-state index contributed by atoms with van der Waals surface area (Å²) in [5.74, 6) is -0.164. The summed E-state index contributed by atoms with van der Waals surface area (Å²) in [5.41, 5.74) is 4.47. The van der Waals surface area contributed by atoms with Crippen molar-refractivity contribution in [1.29, 1.82) is 0 Å². The van der Waals surface area contributed by atoms with Crippen molar-refractivity contribution >= 4 is 0 Å². The third kappa shape index (κ3) is 3.19. The maximum atomic E-state index is 15.0. The van der Waals surface area contributed by atoms with Crippen molar-refractivity contribution in [1.82, 2.24) is 0 Å². The molecule has 0 saturated carbocycles. The van der Waals surface area contributed by atoms with Gasteiger partial charge in [0.05, 0.1) is 0 Å². The molecule has 0 nitrogen and oxygen atoms in total. The minimum Gasteiger partial charge on any atom is -0.206 e. The summed E-state index contributed by atoms with van der Waals surface area (Å²) in [6, 6.07) is 23.6. The van der Waals surface area contributed by atoms with Crippen LogP contribution in [0.5, 0.6) is 0 Å². The Morgan fingerprint density at radius 3 is 1.74 bits per heavy atom. The molecule has 0 radical (unpaired) electrons. The highest BCUT2D eigenvalue weighted by atomic mass is 19.1. The summed E-state index contributed by atoms with van der Waals surface area (Å²) in [5, 5.41) is 0. The van der Waals surface area contributed by atoms with Crippen LogP contribution in [0.15, 0.2) is 72.8 Å². The maximum absolute atomic E-state index is 15.0. The Labute approximate surface area is 137 Å². The molecule has 0 N–H and O–H groups in total. The number of hydrogen-bond donors (Lipinski definition) is 0. The maximum Gasteiger partial charge on any atom is 0.131 e. The molecule has 0 amide bonds. The molecule has 0 aliphatic carbocycles. The SMILES string of the molecule is CC(C)(C)c1cc(F)c(-c2ccccc2)c(-c2ccccc2)c1. The molecule has 3 rings (SSSR count). The van der Waals surface area contributed by atoms with E-state index >= 15 is 4.39 Å². The molecular formula is C22H21F. The number of halogens is 1. The standard InChI is InChI=1S/C22H21F/c1-22(2,3)18-14-19(16-10-6-4-7-11-16)21(20(23)15-18)17-12-8-5-9-13-17/h4-15H,1-3H3. The molecule has 0 fully saturated rings. The van der Waals surface area contributed by atoms with E-state index < -0.39 is 0 Å². The summed E-state index contributed by atoms with van der Waals surface area (Å²) in [7, 11) is 0. The highest BCUT2D eigenvalue weighted by molar-refractivity contribution is 5.84. The highest BCUT2D eigenvalue weighted by Gasteiger charge is 2.20. The minimum atomic E-state index is -0.164. The number of benzene rings is 3. The first kappa shape index (κ1) is 15.5. The van der Waals surface area contributed by atoms with Crippen LogP contribution in [-0.4, -0.2) is 0 Å². The molecule has 3 aromatic carbocycles. The molecule has 0 spiro atoms. The molecule has 3 aromatic rings. The Balaban J connectivity index is 2.31. The molecule has 0 aliphatic rings. The van der Waals surface area contributed by atoms with Gasteiger partial charge in [0.2, 0.25) is 0 Å². The molecule has 0 atom stereocenters. The van der Waals surface area contributed by atoms with Crippen molar-refractivity contribution in [2.75, 3.05) is 0 Å². The molecule has 23 heavy (non-hydrogen) atoms. The summed E-state index contributed by atoms with van der Waals surface area (Å²) >= 11 is 0. The third-order valence-electron chi connectivity index (χ3n) is 4.10. The fourth-order valence-electron chi connectivity index (χ4n) is 2.78. The molecule has 0 aliphatic heterocycles. The van der Waals surface area contributed by atoms with Crippen LogP contribution in [0.1, 0.15) is 26.3 Å². The zero-order chi connectivity index (χ0) is 16.4. The van der Waals surface area contributed by atoms with Crippen molar-refractivity contribution in [3.8, 4) is 22.3 Å². The third-order valence-corrected chi connectivity index (χ3v) is 4.10. The van der Waals surface area contributed by atoms with Crippen LogP contribution in [0.4, 0.5) is 4.39 Å². The Hall–Kier alpha value is -2.41. The van der Waals surface area contributed by atoms with Gasteiger partial charge in [-0.2, -0.15) is 0 Å². The molecule has 0 heterocycles. The number of rotatable bonds is 2. The monoisotopic (exact) mass is 304 g/mol. The quantitative estimate of drug-likeness (QED) is 0.510. The largest absolute Gasteiger partial charge is 0.206 e. The number of hydrogen-bond acceptors (Lipinski definition) is 0. The zero-order valence-electron chi connectivity index (χ0n) is 13.8.